The van der Waals surface area contributed by atoms with E-state index in [4.69, 9.17) is 0 Å². The van der Waals surface area contributed by atoms with Crippen molar-refractivity contribution in [3.63, 3.8) is 0 Å². The molecule has 7 heteroatoms. The van der Waals surface area contributed by atoms with E-state index in [1.807, 2.05) is 38.1 Å². The van der Waals surface area contributed by atoms with Crippen LogP contribution in [-0.4, -0.2) is 35.1 Å². The molecule has 5 nitrogen and oxygen atoms in total. The van der Waals surface area contributed by atoms with Crippen LogP contribution in [-0.2, 0) is 9.59 Å². The third-order valence-electron chi connectivity index (χ3n) is 3.65. The Balaban J connectivity index is 1.93. The minimum Gasteiger partial charge on any atom is -0.356 e. The molecular formula is C18H25N3O2S2. The fraction of sp³-hybridized carbons (Fsp3) is 0.500. The predicted molar refractivity (Wildman–Crippen MR) is 105 cm³/mol. The Hall–Kier alpha value is -1.60. The zero-order valence-corrected chi connectivity index (χ0v) is 16.3. The van der Waals surface area contributed by atoms with Gasteiger partial charge in [-0.2, -0.15) is 0 Å². The Morgan fingerprint density at radius 1 is 1.16 bits per heavy atom. The third kappa shape index (κ3) is 6.32. The van der Waals surface area contributed by atoms with Crippen LogP contribution in [0.25, 0.3) is 10.2 Å². The number of aromatic nitrogens is 1. The first-order valence-corrected chi connectivity index (χ1v) is 10.4. The van der Waals surface area contributed by atoms with Gasteiger partial charge in [0.2, 0.25) is 11.8 Å². The molecule has 1 aromatic heterocycles. The van der Waals surface area contributed by atoms with E-state index in [-0.39, 0.29) is 17.1 Å². The highest BCUT2D eigenvalue weighted by molar-refractivity contribution is 8.02. The van der Waals surface area contributed by atoms with Crippen LogP contribution in [0, 0.1) is 0 Å². The van der Waals surface area contributed by atoms with E-state index >= 15 is 0 Å². The summed E-state index contributed by atoms with van der Waals surface area (Å²) in [4.78, 5) is 28.5. The van der Waals surface area contributed by atoms with Crippen molar-refractivity contribution in [2.45, 2.75) is 49.1 Å². The van der Waals surface area contributed by atoms with Crippen molar-refractivity contribution < 1.29 is 9.59 Å². The Morgan fingerprint density at radius 2 is 1.92 bits per heavy atom. The average Bonchev–Trinajstić information content (AvgIpc) is 3.00. The van der Waals surface area contributed by atoms with Crippen LogP contribution in [0.2, 0.25) is 0 Å². The lowest BCUT2D eigenvalue weighted by Crippen LogP contribution is -2.32. The SMILES string of the molecule is CCNC(=O)CCCCC(Sc1nc2ccccc2s1)C(=O)NCC. The maximum absolute atomic E-state index is 12.4. The van der Waals surface area contributed by atoms with Crippen molar-refractivity contribution in [3.8, 4) is 0 Å². The van der Waals surface area contributed by atoms with E-state index in [0.29, 0.717) is 19.5 Å². The van der Waals surface area contributed by atoms with Gasteiger partial charge in [-0.25, -0.2) is 4.98 Å². The highest BCUT2D eigenvalue weighted by Gasteiger charge is 2.21. The molecule has 25 heavy (non-hydrogen) atoms. The summed E-state index contributed by atoms with van der Waals surface area (Å²) in [6.45, 7) is 5.12. The Morgan fingerprint density at radius 3 is 2.64 bits per heavy atom. The Labute approximate surface area is 157 Å². The third-order valence-corrected chi connectivity index (χ3v) is 6.05. The van der Waals surface area contributed by atoms with Crippen LogP contribution >= 0.6 is 23.1 Å². The number of thiazole rings is 1. The number of unbranched alkanes of at least 4 members (excludes halogenated alkanes) is 1. The molecule has 2 amide bonds. The van der Waals surface area contributed by atoms with Crippen molar-refractivity contribution in [2.75, 3.05) is 13.1 Å². The molecule has 2 N–H and O–H groups in total. The Kier molecular flexibility index (Phi) is 8.21. The number of nitrogens with one attached hydrogen (secondary N) is 2. The number of rotatable bonds is 10. The van der Waals surface area contributed by atoms with E-state index in [1.165, 1.54) is 11.8 Å². The number of nitrogens with zero attached hydrogens (tertiary/aromatic N) is 1. The predicted octanol–water partition coefficient (Wildman–Crippen LogP) is 3.59. The first kappa shape index (κ1) is 19.7. The lowest BCUT2D eigenvalue weighted by atomic mass is 10.1. The van der Waals surface area contributed by atoms with Gasteiger partial charge in [0, 0.05) is 19.5 Å². The van der Waals surface area contributed by atoms with E-state index in [2.05, 4.69) is 15.6 Å². The molecule has 0 saturated heterocycles. The molecule has 0 aliphatic carbocycles. The number of hydrogen-bond acceptors (Lipinski definition) is 5. The average molecular weight is 380 g/mol. The van der Waals surface area contributed by atoms with E-state index in [0.717, 1.165) is 33.8 Å². The molecule has 2 aromatic rings. The van der Waals surface area contributed by atoms with E-state index in [9.17, 15) is 9.59 Å². The topological polar surface area (TPSA) is 71.1 Å². The van der Waals surface area contributed by atoms with E-state index < -0.39 is 0 Å². The molecular weight excluding hydrogens is 354 g/mol. The van der Waals surface area contributed by atoms with E-state index in [1.54, 1.807) is 11.3 Å². The fourth-order valence-electron chi connectivity index (χ4n) is 2.46. The van der Waals surface area contributed by atoms with Crippen molar-refractivity contribution in [3.05, 3.63) is 24.3 Å². The van der Waals surface area contributed by atoms with Crippen LogP contribution in [0.3, 0.4) is 0 Å². The molecule has 1 aromatic carbocycles. The number of thioether (sulfide) groups is 1. The van der Waals surface area contributed by atoms with Gasteiger partial charge in [0.15, 0.2) is 4.34 Å². The van der Waals surface area contributed by atoms with Gasteiger partial charge in [-0.1, -0.05) is 30.3 Å². The zero-order chi connectivity index (χ0) is 18.1. The summed E-state index contributed by atoms with van der Waals surface area (Å²) < 4.78 is 2.05. The van der Waals surface area contributed by atoms with Crippen molar-refractivity contribution in [1.82, 2.24) is 15.6 Å². The van der Waals surface area contributed by atoms with Gasteiger partial charge >= 0.3 is 0 Å². The normalized spacial score (nSPS) is 12.1. The second kappa shape index (κ2) is 10.4. The van der Waals surface area contributed by atoms with Crippen molar-refractivity contribution in [2.24, 2.45) is 0 Å². The van der Waals surface area contributed by atoms with Gasteiger partial charge in [0.1, 0.15) is 0 Å². The zero-order valence-electron chi connectivity index (χ0n) is 14.7. The number of benzene rings is 1. The number of carbonyl (C=O) groups is 2. The molecule has 0 radical (unpaired) electrons. The molecule has 0 aliphatic heterocycles. The van der Waals surface area contributed by atoms with Crippen LogP contribution in [0.4, 0.5) is 0 Å². The monoisotopic (exact) mass is 379 g/mol. The van der Waals surface area contributed by atoms with Crippen molar-refractivity contribution in [1.29, 1.82) is 0 Å². The minimum absolute atomic E-state index is 0.0461. The lowest BCUT2D eigenvalue weighted by molar-refractivity contribution is -0.121. The fourth-order valence-corrected chi connectivity index (χ4v) is 4.83. The van der Waals surface area contributed by atoms with Gasteiger partial charge in [-0.3, -0.25) is 9.59 Å². The van der Waals surface area contributed by atoms with Gasteiger partial charge < -0.3 is 10.6 Å². The smallest absolute Gasteiger partial charge is 0.233 e. The number of hydrogen-bond donors (Lipinski definition) is 2. The minimum atomic E-state index is -0.172. The molecule has 0 bridgehead atoms. The maximum atomic E-state index is 12.4. The molecule has 0 saturated carbocycles. The Bertz CT molecular complexity index is 669. The summed E-state index contributed by atoms with van der Waals surface area (Å²) in [6, 6.07) is 8.00. The first-order valence-electron chi connectivity index (χ1n) is 8.70. The largest absolute Gasteiger partial charge is 0.356 e. The molecule has 1 unspecified atom stereocenters. The second-order valence-corrected chi connectivity index (χ2v) is 8.13. The summed E-state index contributed by atoms with van der Waals surface area (Å²) in [6.07, 6.45) is 2.90. The molecule has 0 aliphatic rings. The van der Waals surface area contributed by atoms with Crippen LogP contribution in [0.15, 0.2) is 28.6 Å². The van der Waals surface area contributed by atoms with Gasteiger partial charge in [0.25, 0.3) is 0 Å². The first-order chi connectivity index (χ1) is 12.1. The maximum Gasteiger partial charge on any atom is 0.233 e. The van der Waals surface area contributed by atoms with Crippen LogP contribution in [0.1, 0.15) is 39.5 Å². The van der Waals surface area contributed by atoms with Gasteiger partial charge in [-0.15, -0.1) is 11.3 Å². The van der Waals surface area contributed by atoms with Crippen LogP contribution < -0.4 is 10.6 Å². The van der Waals surface area contributed by atoms with Gasteiger partial charge in [0.05, 0.1) is 15.5 Å². The molecule has 2 rings (SSSR count). The molecule has 136 valence electrons. The number of para-hydroxylation sites is 1. The quantitative estimate of drug-likeness (QED) is 0.489. The highest BCUT2D eigenvalue weighted by atomic mass is 32.2. The second-order valence-electron chi connectivity index (χ2n) is 5.65. The lowest BCUT2D eigenvalue weighted by Gasteiger charge is -2.14. The molecule has 1 heterocycles. The summed E-state index contributed by atoms with van der Waals surface area (Å²) in [5.41, 5.74) is 0.973. The molecule has 0 fully saturated rings. The number of fused-ring (bicyclic) bond motifs is 1. The highest BCUT2D eigenvalue weighted by Crippen LogP contribution is 2.33. The van der Waals surface area contributed by atoms with Crippen LogP contribution in [0.5, 0.6) is 0 Å². The summed E-state index contributed by atoms with van der Waals surface area (Å²) in [7, 11) is 0. The number of amides is 2. The summed E-state index contributed by atoms with van der Waals surface area (Å²) in [5.74, 6) is 0.126. The molecule has 1 atom stereocenters. The number of carbonyl (C=O) groups excluding carboxylic acids is 2. The van der Waals surface area contributed by atoms with Crippen molar-refractivity contribution >= 4 is 45.1 Å². The summed E-state index contributed by atoms with van der Waals surface area (Å²) >= 11 is 3.15. The summed E-state index contributed by atoms with van der Waals surface area (Å²) in [5, 5.41) is 5.54. The molecule has 0 spiro atoms. The van der Waals surface area contributed by atoms with Gasteiger partial charge in [-0.05, 0) is 38.8 Å². The standard InChI is InChI=1S/C18H25N3O2S2/c1-3-19-16(22)12-8-7-11-15(17(23)20-4-2)25-18-21-13-9-5-6-10-14(13)24-18/h5-6,9-10,15H,3-4,7-8,11-12H2,1-2H3,(H,19,22)(H,20,23).